The molecule has 15 heavy (non-hydrogen) atoms. The van der Waals surface area contributed by atoms with Crippen LogP contribution in [0.1, 0.15) is 24.3 Å². The Balaban J connectivity index is 2.35. The number of benzene rings is 1. The highest BCUT2D eigenvalue weighted by Gasteiger charge is 2.22. The monoisotopic (exact) mass is 223 g/mol. The lowest BCUT2D eigenvalue weighted by Crippen LogP contribution is -2.12. The lowest BCUT2D eigenvalue weighted by atomic mass is 9.92. The average Bonchev–Trinajstić information content (AvgIpc) is 2.29. The molecule has 3 heteroatoms. The topological polar surface area (TPSA) is 35.2 Å². The van der Waals surface area contributed by atoms with E-state index in [1.165, 1.54) is 22.6 Å². The van der Waals surface area contributed by atoms with Crippen LogP contribution >= 0.6 is 11.8 Å². The zero-order valence-electron chi connectivity index (χ0n) is 9.03. The van der Waals surface area contributed by atoms with Gasteiger partial charge in [-0.05, 0) is 42.7 Å². The molecule has 1 unspecified atom stereocenters. The third kappa shape index (κ3) is 2.13. The largest absolute Gasteiger partial charge is 0.496 e. The summed E-state index contributed by atoms with van der Waals surface area (Å²) in [6.45, 7) is 0.770. The van der Waals surface area contributed by atoms with Crippen molar-refractivity contribution in [1.29, 1.82) is 0 Å². The molecule has 1 aliphatic rings. The van der Waals surface area contributed by atoms with Crippen LogP contribution in [0.15, 0.2) is 23.1 Å². The van der Waals surface area contributed by atoms with Crippen LogP contribution in [0.5, 0.6) is 5.75 Å². The van der Waals surface area contributed by atoms with Gasteiger partial charge >= 0.3 is 0 Å². The van der Waals surface area contributed by atoms with Crippen molar-refractivity contribution in [2.24, 2.45) is 5.73 Å². The first kappa shape index (κ1) is 10.8. The maximum absolute atomic E-state index is 5.65. The van der Waals surface area contributed by atoms with Crippen LogP contribution in [0.3, 0.4) is 0 Å². The molecule has 0 aromatic heterocycles. The highest BCUT2D eigenvalue weighted by Crippen LogP contribution is 2.43. The van der Waals surface area contributed by atoms with E-state index in [9.17, 15) is 0 Å². The van der Waals surface area contributed by atoms with E-state index in [0.717, 1.165) is 18.7 Å². The molecule has 2 rings (SSSR count). The third-order valence-corrected chi connectivity index (χ3v) is 4.06. The Morgan fingerprint density at radius 2 is 2.40 bits per heavy atom. The number of methoxy groups -OCH3 is 1. The highest BCUT2D eigenvalue weighted by molar-refractivity contribution is 7.99. The Kier molecular flexibility index (Phi) is 3.54. The van der Waals surface area contributed by atoms with Crippen LogP contribution in [0.2, 0.25) is 0 Å². The fraction of sp³-hybridized carbons (Fsp3) is 0.500. The molecule has 2 nitrogen and oxygen atoms in total. The predicted molar refractivity (Wildman–Crippen MR) is 64.7 cm³/mol. The Bertz CT molecular complexity index is 340. The average molecular weight is 223 g/mol. The number of thioether (sulfide) groups is 1. The quantitative estimate of drug-likeness (QED) is 0.855. The van der Waals surface area contributed by atoms with Crippen molar-refractivity contribution in [3.8, 4) is 5.75 Å². The second kappa shape index (κ2) is 4.90. The zero-order valence-corrected chi connectivity index (χ0v) is 9.85. The molecule has 0 aliphatic carbocycles. The van der Waals surface area contributed by atoms with Crippen LogP contribution in [0, 0.1) is 0 Å². The second-order valence-electron chi connectivity index (χ2n) is 3.79. The molecule has 1 aromatic rings. The van der Waals surface area contributed by atoms with Crippen molar-refractivity contribution in [3.63, 3.8) is 0 Å². The smallest absolute Gasteiger partial charge is 0.132 e. The SMILES string of the molecule is COc1cccc2c1SCCC2CCN. The Morgan fingerprint density at radius 1 is 1.53 bits per heavy atom. The fourth-order valence-electron chi connectivity index (χ4n) is 2.13. The Morgan fingerprint density at radius 3 is 3.13 bits per heavy atom. The van der Waals surface area contributed by atoms with Crippen molar-refractivity contribution in [3.05, 3.63) is 23.8 Å². The zero-order chi connectivity index (χ0) is 10.7. The lowest BCUT2D eigenvalue weighted by molar-refractivity contribution is 0.401. The fourth-order valence-corrected chi connectivity index (χ4v) is 3.43. The van der Waals surface area contributed by atoms with E-state index in [2.05, 4.69) is 12.1 Å². The van der Waals surface area contributed by atoms with Gasteiger partial charge in [0, 0.05) is 0 Å². The van der Waals surface area contributed by atoms with Gasteiger partial charge in [0.2, 0.25) is 0 Å². The van der Waals surface area contributed by atoms with Crippen LogP contribution < -0.4 is 10.5 Å². The van der Waals surface area contributed by atoms with E-state index in [1.54, 1.807) is 7.11 Å². The van der Waals surface area contributed by atoms with Gasteiger partial charge in [-0.2, -0.15) is 0 Å². The number of hydrogen-bond donors (Lipinski definition) is 1. The number of rotatable bonds is 3. The van der Waals surface area contributed by atoms with Gasteiger partial charge in [-0.3, -0.25) is 0 Å². The Labute approximate surface area is 95.2 Å². The molecule has 0 amide bonds. The molecule has 0 radical (unpaired) electrons. The molecule has 0 bridgehead atoms. The van der Waals surface area contributed by atoms with Crippen molar-refractivity contribution < 1.29 is 4.74 Å². The number of hydrogen-bond acceptors (Lipinski definition) is 3. The number of fused-ring (bicyclic) bond motifs is 1. The van der Waals surface area contributed by atoms with Gasteiger partial charge in [-0.1, -0.05) is 12.1 Å². The maximum Gasteiger partial charge on any atom is 0.132 e. The standard InChI is InChI=1S/C12H17NOS/c1-14-11-4-2-3-10-9(5-7-13)6-8-15-12(10)11/h2-4,9H,5-8,13H2,1H3. The van der Waals surface area contributed by atoms with E-state index in [0.29, 0.717) is 5.92 Å². The molecule has 82 valence electrons. The molecular weight excluding hydrogens is 206 g/mol. The van der Waals surface area contributed by atoms with Crippen LogP contribution in [-0.2, 0) is 0 Å². The molecular formula is C12H17NOS. The van der Waals surface area contributed by atoms with E-state index >= 15 is 0 Å². The van der Waals surface area contributed by atoms with E-state index in [-0.39, 0.29) is 0 Å². The molecule has 1 heterocycles. The molecule has 1 atom stereocenters. The summed E-state index contributed by atoms with van der Waals surface area (Å²) in [7, 11) is 1.74. The van der Waals surface area contributed by atoms with Crippen molar-refractivity contribution >= 4 is 11.8 Å². The minimum atomic E-state index is 0.626. The Hall–Kier alpha value is -0.670. The number of ether oxygens (including phenoxy) is 1. The summed E-state index contributed by atoms with van der Waals surface area (Å²) in [6, 6.07) is 6.33. The van der Waals surface area contributed by atoms with E-state index in [1.807, 2.05) is 17.8 Å². The minimum absolute atomic E-state index is 0.626. The van der Waals surface area contributed by atoms with Gasteiger partial charge in [0.1, 0.15) is 5.75 Å². The second-order valence-corrected chi connectivity index (χ2v) is 4.90. The normalized spacial score (nSPS) is 19.7. The van der Waals surface area contributed by atoms with Gasteiger partial charge in [-0.15, -0.1) is 11.8 Å². The molecule has 2 N–H and O–H groups in total. The number of nitrogens with two attached hydrogens (primary N) is 1. The van der Waals surface area contributed by atoms with Gasteiger partial charge < -0.3 is 10.5 Å². The van der Waals surface area contributed by atoms with Gasteiger partial charge in [-0.25, -0.2) is 0 Å². The first-order chi connectivity index (χ1) is 7.36. The van der Waals surface area contributed by atoms with Crippen molar-refractivity contribution in [1.82, 2.24) is 0 Å². The van der Waals surface area contributed by atoms with Crippen LogP contribution in [-0.4, -0.2) is 19.4 Å². The van der Waals surface area contributed by atoms with Gasteiger partial charge in [0.25, 0.3) is 0 Å². The highest BCUT2D eigenvalue weighted by atomic mass is 32.2. The summed E-state index contributed by atoms with van der Waals surface area (Å²) in [5.74, 6) is 2.82. The molecule has 0 saturated heterocycles. The van der Waals surface area contributed by atoms with Crippen LogP contribution in [0.4, 0.5) is 0 Å². The summed E-state index contributed by atoms with van der Waals surface area (Å²) < 4.78 is 5.39. The summed E-state index contributed by atoms with van der Waals surface area (Å²) in [5.41, 5.74) is 7.08. The summed E-state index contributed by atoms with van der Waals surface area (Å²) in [5, 5.41) is 0. The van der Waals surface area contributed by atoms with E-state index in [4.69, 9.17) is 10.5 Å². The summed E-state index contributed by atoms with van der Waals surface area (Å²) in [4.78, 5) is 1.32. The lowest BCUT2D eigenvalue weighted by Gasteiger charge is -2.25. The van der Waals surface area contributed by atoms with Gasteiger partial charge in [0.05, 0.1) is 12.0 Å². The molecule has 0 fully saturated rings. The maximum atomic E-state index is 5.65. The molecule has 1 aliphatic heterocycles. The van der Waals surface area contributed by atoms with Crippen molar-refractivity contribution in [2.75, 3.05) is 19.4 Å². The molecule has 1 aromatic carbocycles. The first-order valence-corrected chi connectivity index (χ1v) is 6.35. The molecule has 0 saturated carbocycles. The molecule has 0 spiro atoms. The van der Waals surface area contributed by atoms with E-state index < -0.39 is 0 Å². The van der Waals surface area contributed by atoms with Crippen LogP contribution in [0.25, 0.3) is 0 Å². The van der Waals surface area contributed by atoms with Crippen molar-refractivity contribution in [2.45, 2.75) is 23.7 Å². The summed E-state index contributed by atoms with van der Waals surface area (Å²) >= 11 is 1.90. The third-order valence-electron chi connectivity index (χ3n) is 2.90. The summed E-state index contributed by atoms with van der Waals surface area (Å²) in [6.07, 6.45) is 2.32. The predicted octanol–water partition coefficient (Wildman–Crippen LogP) is 2.62. The van der Waals surface area contributed by atoms with Gasteiger partial charge in [0.15, 0.2) is 0 Å². The minimum Gasteiger partial charge on any atom is -0.496 e. The first-order valence-electron chi connectivity index (χ1n) is 5.36.